The summed E-state index contributed by atoms with van der Waals surface area (Å²) in [4.78, 5) is 23.3. The van der Waals surface area contributed by atoms with E-state index >= 15 is 0 Å². The maximum Gasteiger partial charge on any atom is 0.344 e. The van der Waals surface area contributed by atoms with Crippen LogP contribution in [0.4, 0.5) is 5.69 Å². The molecule has 0 spiro atoms. The lowest BCUT2D eigenvalue weighted by Crippen LogP contribution is -2.26. The van der Waals surface area contributed by atoms with Crippen LogP contribution < -0.4 is 15.8 Å². The molecule has 140 valence electrons. The Kier molecular flexibility index (Phi) is 9.01. The Bertz CT molecular complexity index is 720. The maximum absolute atomic E-state index is 12.1. The number of hydrogen-bond acceptors (Lipinski definition) is 5. The fourth-order valence-corrected chi connectivity index (χ4v) is 2.22. The average molecular weight is 379 g/mol. The molecular formula is C19H23ClN2O4. The summed E-state index contributed by atoms with van der Waals surface area (Å²) in [5.41, 5.74) is 7.77. The van der Waals surface area contributed by atoms with Crippen molar-refractivity contribution in [2.24, 2.45) is 0 Å². The third kappa shape index (κ3) is 6.64. The van der Waals surface area contributed by atoms with E-state index in [1.807, 2.05) is 12.1 Å². The van der Waals surface area contributed by atoms with Gasteiger partial charge in [0.2, 0.25) is 0 Å². The molecule has 0 aliphatic rings. The van der Waals surface area contributed by atoms with Crippen molar-refractivity contribution in [3.63, 3.8) is 0 Å². The molecule has 0 radical (unpaired) electrons. The van der Waals surface area contributed by atoms with Crippen LogP contribution in [0.3, 0.4) is 0 Å². The highest BCUT2D eigenvalue weighted by molar-refractivity contribution is 5.99. The molecule has 0 aliphatic carbocycles. The van der Waals surface area contributed by atoms with Gasteiger partial charge in [-0.3, -0.25) is 4.79 Å². The van der Waals surface area contributed by atoms with Crippen LogP contribution >= 0.6 is 12.4 Å². The van der Waals surface area contributed by atoms with Gasteiger partial charge in [0.1, 0.15) is 5.75 Å². The lowest BCUT2D eigenvalue weighted by Gasteiger charge is -2.09. The van der Waals surface area contributed by atoms with Crippen molar-refractivity contribution in [1.82, 2.24) is 5.32 Å². The summed E-state index contributed by atoms with van der Waals surface area (Å²) < 4.78 is 10.1. The van der Waals surface area contributed by atoms with Crippen molar-refractivity contribution < 1.29 is 19.1 Å². The van der Waals surface area contributed by atoms with E-state index in [9.17, 15) is 9.59 Å². The second kappa shape index (κ2) is 11.0. The van der Waals surface area contributed by atoms with Gasteiger partial charge in [0.15, 0.2) is 6.61 Å². The van der Waals surface area contributed by atoms with Crippen LogP contribution in [-0.4, -0.2) is 31.6 Å². The van der Waals surface area contributed by atoms with Crippen molar-refractivity contribution in [3.8, 4) is 5.75 Å². The molecule has 0 bridgehead atoms. The first-order valence-corrected chi connectivity index (χ1v) is 8.10. The molecule has 26 heavy (non-hydrogen) atoms. The van der Waals surface area contributed by atoms with Crippen molar-refractivity contribution >= 4 is 30.0 Å². The number of amides is 1. The summed E-state index contributed by atoms with van der Waals surface area (Å²) in [5, 5.41) is 2.85. The highest BCUT2D eigenvalue weighted by Gasteiger charge is 2.08. The van der Waals surface area contributed by atoms with Crippen molar-refractivity contribution in [3.05, 3.63) is 59.7 Å². The summed E-state index contributed by atoms with van der Waals surface area (Å²) in [6, 6.07) is 14.3. The maximum atomic E-state index is 12.1. The Morgan fingerprint density at radius 1 is 1.08 bits per heavy atom. The Labute approximate surface area is 159 Å². The fraction of sp³-hybridized carbons (Fsp3) is 0.263. The second-order valence-electron chi connectivity index (χ2n) is 5.33. The lowest BCUT2D eigenvalue weighted by atomic mass is 10.1. The number of nitrogen functional groups attached to an aromatic ring is 1. The quantitative estimate of drug-likeness (QED) is 0.544. The van der Waals surface area contributed by atoms with Crippen LogP contribution in [-0.2, 0) is 16.0 Å². The average Bonchev–Trinajstić information content (AvgIpc) is 2.61. The number of halogens is 1. The van der Waals surface area contributed by atoms with Crippen LogP contribution in [0, 0.1) is 0 Å². The zero-order valence-corrected chi connectivity index (χ0v) is 15.4. The number of rotatable bonds is 8. The summed E-state index contributed by atoms with van der Waals surface area (Å²) in [7, 11) is 0. The van der Waals surface area contributed by atoms with Gasteiger partial charge < -0.3 is 20.5 Å². The highest BCUT2D eigenvalue weighted by atomic mass is 35.5. The third-order valence-electron chi connectivity index (χ3n) is 3.49. The summed E-state index contributed by atoms with van der Waals surface area (Å²) in [5.74, 6) is 0.0138. The number of para-hydroxylation sites is 1. The largest absolute Gasteiger partial charge is 0.482 e. The van der Waals surface area contributed by atoms with Gasteiger partial charge in [0.05, 0.1) is 12.2 Å². The smallest absolute Gasteiger partial charge is 0.344 e. The first-order valence-electron chi connectivity index (χ1n) is 8.10. The van der Waals surface area contributed by atoms with Gasteiger partial charge in [0, 0.05) is 12.2 Å². The Hall–Kier alpha value is -2.73. The van der Waals surface area contributed by atoms with Gasteiger partial charge in [-0.2, -0.15) is 0 Å². The molecule has 2 rings (SSSR count). The molecule has 0 heterocycles. The third-order valence-corrected chi connectivity index (χ3v) is 3.49. The van der Waals surface area contributed by atoms with E-state index in [1.54, 1.807) is 43.3 Å². The first-order chi connectivity index (χ1) is 12.1. The lowest BCUT2D eigenvalue weighted by molar-refractivity contribution is -0.145. The van der Waals surface area contributed by atoms with Crippen molar-refractivity contribution in [2.75, 3.05) is 25.5 Å². The number of benzene rings is 2. The molecule has 0 aliphatic heterocycles. The summed E-state index contributed by atoms with van der Waals surface area (Å²) in [6.45, 7) is 2.47. The van der Waals surface area contributed by atoms with E-state index in [1.165, 1.54) is 0 Å². The van der Waals surface area contributed by atoms with Gasteiger partial charge >= 0.3 is 5.97 Å². The number of carbonyl (C=O) groups excluding carboxylic acids is 2. The minimum absolute atomic E-state index is 0. The molecule has 7 heteroatoms. The number of nitrogens with two attached hydrogens (primary N) is 1. The predicted octanol–water partition coefficient (Wildman–Crippen LogP) is 2.60. The molecule has 0 unspecified atom stereocenters. The number of esters is 1. The Morgan fingerprint density at radius 2 is 1.77 bits per heavy atom. The van der Waals surface area contributed by atoms with E-state index in [0.717, 1.165) is 5.56 Å². The minimum Gasteiger partial charge on any atom is -0.482 e. The fourth-order valence-electron chi connectivity index (χ4n) is 2.22. The molecule has 2 aromatic carbocycles. The Morgan fingerprint density at radius 3 is 2.42 bits per heavy atom. The zero-order chi connectivity index (χ0) is 18.1. The molecule has 6 nitrogen and oxygen atoms in total. The normalized spacial score (nSPS) is 9.73. The van der Waals surface area contributed by atoms with Gasteiger partial charge in [-0.05, 0) is 43.2 Å². The molecule has 3 N–H and O–H groups in total. The van der Waals surface area contributed by atoms with Crippen LogP contribution in [0.15, 0.2) is 48.5 Å². The van der Waals surface area contributed by atoms with Crippen LogP contribution in [0.5, 0.6) is 5.75 Å². The SMILES string of the molecule is CCOC(=O)COc1ccc(CCNC(=O)c2ccccc2N)cc1.Cl. The number of carbonyl (C=O) groups is 2. The van der Waals surface area contributed by atoms with Crippen molar-refractivity contribution in [2.45, 2.75) is 13.3 Å². The molecule has 1 amide bonds. The van der Waals surface area contributed by atoms with E-state index in [0.29, 0.717) is 36.6 Å². The standard InChI is InChI=1S/C19H22N2O4.ClH/c1-2-24-18(22)13-25-15-9-7-14(8-10-15)11-12-21-19(23)16-5-3-4-6-17(16)20;/h3-10H,2,11-13,20H2,1H3,(H,21,23);1H. The second-order valence-corrected chi connectivity index (χ2v) is 5.33. The number of ether oxygens (including phenoxy) is 2. The van der Waals surface area contributed by atoms with Crippen molar-refractivity contribution in [1.29, 1.82) is 0 Å². The van der Waals surface area contributed by atoms with E-state index in [2.05, 4.69) is 5.32 Å². The molecule has 0 aromatic heterocycles. The summed E-state index contributed by atoms with van der Waals surface area (Å²) >= 11 is 0. The van der Waals surface area contributed by atoms with Gasteiger partial charge in [-0.15, -0.1) is 12.4 Å². The minimum atomic E-state index is -0.394. The zero-order valence-electron chi connectivity index (χ0n) is 14.6. The summed E-state index contributed by atoms with van der Waals surface area (Å²) in [6.07, 6.45) is 0.677. The molecule has 0 atom stereocenters. The number of nitrogens with one attached hydrogen (secondary N) is 1. The topological polar surface area (TPSA) is 90.6 Å². The van der Waals surface area contributed by atoms with E-state index in [-0.39, 0.29) is 24.9 Å². The van der Waals surface area contributed by atoms with Gasteiger partial charge in [-0.1, -0.05) is 24.3 Å². The molecule has 0 saturated carbocycles. The van der Waals surface area contributed by atoms with E-state index in [4.69, 9.17) is 15.2 Å². The van der Waals surface area contributed by atoms with Gasteiger partial charge in [-0.25, -0.2) is 4.79 Å². The first kappa shape index (κ1) is 21.3. The molecule has 0 saturated heterocycles. The van der Waals surface area contributed by atoms with Crippen LogP contribution in [0.2, 0.25) is 0 Å². The Balaban J connectivity index is 0.00000338. The van der Waals surface area contributed by atoms with Crippen LogP contribution in [0.1, 0.15) is 22.8 Å². The number of hydrogen-bond donors (Lipinski definition) is 2. The van der Waals surface area contributed by atoms with E-state index < -0.39 is 5.97 Å². The molecule has 2 aromatic rings. The predicted molar refractivity (Wildman–Crippen MR) is 103 cm³/mol. The van der Waals surface area contributed by atoms with Gasteiger partial charge in [0.25, 0.3) is 5.91 Å². The monoisotopic (exact) mass is 378 g/mol. The highest BCUT2D eigenvalue weighted by Crippen LogP contribution is 2.13. The molecule has 0 fully saturated rings. The molecular weight excluding hydrogens is 356 g/mol. The number of anilines is 1. The van der Waals surface area contributed by atoms with Crippen LogP contribution in [0.25, 0.3) is 0 Å².